The molecule has 0 bridgehead atoms. The van der Waals surface area contributed by atoms with Crippen LogP contribution in [0.1, 0.15) is 43.7 Å². The average Bonchev–Trinajstić information content (AvgIpc) is 2.58. The molecule has 0 aliphatic heterocycles. The van der Waals surface area contributed by atoms with Crippen molar-refractivity contribution in [3.63, 3.8) is 0 Å². The smallest absolute Gasteiger partial charge is 0.169 e. The molecule has 0 spiro atoms. The van der Waals surface area contributed by atoms with Crippen molar-refractivity contribution in [1.82, 2.24) is 10.2 Å². The molecule has 1 saturated carbocycles. The molecule has 0 unspecified atom stereocenters. The predicted octanol–water partition coefficient (Wildman–Crippen LogP) is 3.90. The maximum Gasteiger partial charge on any atom is 0.169 e. The molecule has 1 N–H and O–H groups in total. The Kier molecular flexibility index (Phi) is 6.72. The van der Waals surface area contributed by atoms with Gasteiger partial charge in [0, 0.05) is 19.6 Å². The zero-order valence-corrected chi connectivity index (χ0v) is 16.3. The normalized spacial score (nSPS) is 20.4. The molecule has 4 nitrogen and oxygen atoms in total. The van der Waals surface area contributed by atoms with Gasteiger partial charge in [-0.05, 0) is 61.2 Å². The Morgan fingerprint density at radius 3 is 2.46 bits per heavy atom. The van der Waals surface area contributed by atoms with Gasteiger partial charge in [0.05, 0.1) is 14.2 Å². The topological polar surface area (TPSA) is 33.7 Å². The van der Waals surface area contributed by atoms with Gasteiger partial charge in [0.15, 0.2) is 16.6 Å². The summed E-state index contributed by atoms with van der Waals surface area (Å²) in [4.78, 5) is 2.10. The highest BCUT2D eigenvalue weighted by molar-refractivity contribution is 7.80. The Hall–Kier alpha value is -1.49. The molecule has 2 rings (SSSR count). The van der Waals surface area contributed by atoms with E-state index in [0.717, 1.165) is 23.2 Å². The van der Waals surface area contributed by atoms with E-state index in [1.807, 2.05) is 19.2 Å². The molecule has 0 aromatic heterocycles. The van der Waals surface area contributed by atoms with E-state index in [4.69, 9.17) is 21.7 Å². The number of hydrogen-bond acceptors (Lipinski definition) is 3. The minimum atomic E-state index is 0.500. The SMILES string of the molecule is COc1cc(C)c(CN(C)C(=S)N[C@@H]2CCCC[C@H]2C)cc1OC. The summed E-state index contributed by atoms with van der Waals surface area (Å²) in [6, 6.07) is 4.55. The lowest BCUT2D eigenvalue weighted by Crippen LogP contribution is -2.46. The third kappa shape index (κ3) is 4.53. The highest BCUT2D eigenvalue weighted by Gasteiger charge is 2.22. The second-order valence-corrected chi connectivity index (χ2v) is 7.19. The van der Waals surface area contributed by atoms with Crippen LogP contribution in [0.5, 0.6) is 11.5 Å². The Morgan fingerprint density at radius 1 is 1.21 bits per heavy atom. The fourth-order valence-corrected chi connectivity index (χ4v) is 3.54. The molecule has 134 valence electrons. The second kappa shape index (κ2) is 8.56. The van der Waals surface area contributed by atoms with Crippen LogP contribution in [0, 0.1) is 12.8 Å². The van der Waals surface area contributed by atoms with Gasteiger partial charge in [0.1, 0.15) is 0 Å². The number of nitrogens with zero attached hydrogens (tertiary/aromatic N) is 1. The van der Waals surface area contributed by atoms with Gasteiger partial charge in [-0.2, -0.15) is 0 Å². The fraction of sp³-hybridized carbons (Fsp3) is 0.632. The molecular formula is C19H30N2O2S. The fourth-order valence-electron chi connectivity index (χ4n) is 3.32. The number of aryl methyl sites for hydroxylation is 1. The monoisotopic (exact) mass is 350 g/mol. The van der Waals surface area contributed by atoms with Gasteiger partial charge >= 0.3 is 0 Å². The Balaban J connectivity index is 2.03. The lowest BCUT2D eigenvalue weighted by molar-refractivity contribution is 0.300. The number of methoxy groups -OCH3 is 2. The number of benzene rings is 1. The van der Waals surface area contributed by atoms with Crippen LogP contribution in [0.2, 0.25) is 0 Å². The first-order valence-electron chi connectivity index (χ1n) is 8.69. The summed E-state index contributed by atoms with van der Waals surface area (Å²) in [5.41, 5.74) is 2.37. The maximum atomic E-state index is 5.62. The van der Waals surface area contributed by atoms with E-state index in [-0.39, 0.29) is 0 Å². The van der Waals surface area contributed by atoms with Gasteiger partial charge in [0.25, 0.3) is 0 Å². The summed E-state index contributed by atoms with van der Waals surface area (Å²) in [6.07, 6.45) is 5.14. The van der Waals surface area contributed by atoms with Gasteiger partial charge in [-0.15, -0.1) is 0 Å². The van der Waals surface area contributed by atoms with Gasteiger partial charge in [-0.3, -0.25) is 0 Å². The Bertz CT molecular complexity index is 577. The van der Waals surface area contributed by atoms with Crippen LogP contribution >= 0.6 is 12.2 Å². The molecular weight excluding hydrogens is 320 g/mol. The van der Waals surface area contributed by atoms with Crippen molar-refractivity contribution in [2.75, 3.05) is 21.3 Å². The standard InChI is InChI=1S/C19H30N2O2S/c1-13-8-6-7-9-16(13)20-19(24)21(3)12-15-11-18(23-5)17(22-4)10-14(15)2/h10-11,13,16H,6-9,12H2,1-5H3,(H,20,24)/t13-,16-/m1/s1. The summed E-state index contributed by atoms with van der Waals surface area (Å²) in [5, 5.41) is 4.38. The second-order valence-electron chi connectivity index (χ2n) is 6.81. The minimum absolute atomic E-state index is 0.500. The molecule has 5 heteroatoms. The molecule has 1 aliphatic carbocycles. The largest absolute Gasteiger partial charge is 0.493 e. The van der Waals surface area contributed by atoms with Crippen molar-refractivity contribution in [3.8, 4) is 11.5 Å². The number of nitrogens with one attached hydrogen (secondary N) is 1. The van der Waals surface area contributed by atoms with Gasteiger partial charge in [0.2, 0.25) is 0 Å². The summed E-state index contributed by atoms with van der Waals surface area (Å²) in [6.45, 7) is 5.15. The number of hydrogen-bond donors (Lipinski definition) is 1. The first-order valence-corrected chi connectivity index (χ1v) is 9.10. The molecule has 1 fully saturated rings. The first kappa shape index (κ1) is 18.8. The van der Waals surface area contributed by atoms with Crippen molar-refractivity contribution in [1.29, 1.82) is 0 Å². The van der Waals surface area contributed by atoms with E-state index in [1.165, 1.54) is 36.8 Å². The van der Waals surface area contributed by atoms with Crippen molar-refractivity contribution in [2.45, 2.75) is 52.1 Å². The molecule has 0 amide bonds. The highest BCUT2D eigenvalue weighted by Crippen LogP contribution is 2.31. The summed E-state index contributed by atoms with van der Waals surface area (Å²) in [5.74, 6) is 2.21. The van der Waals surface area contributed by atoms with E-state index in [2.05, 4.69) is 24.1 Å². The number of rotatable bonds is 5. The van der Waals surface area contributed by atoms with Crippen LogP contribution in [0.15, 0.2) is 12.1 Å². The third-order valence-electron chi connectivity index (χ3n) is 5.02. The zero-order valence-electron chi connectivity index (χ0n) is 15.5. The van der Waals surface area contributed by atoms with Crippen molar-refractivity contribution in [3.05, 3.63) is 23.3 Å². The zero-order chi connectivity index (χ0) is 17.7. The van der Waals surface area contributed by atoms with Gasteiger partial charge in [-0.1, -0.05) is 19.8 Å². The molecule has 1 aromatic carbocycles. The number of ether oxygens (including phenoxy) is 2. The first-order chi connectivity index (χ1) is 11.5. The summed E-state index contributed by atoms with van der Waals surface area (Å²) >= 11 is 5.62. The Labute approximate surface area is 151 Å². The molecule has 24 heavy (non-hydrogen) atoms. The van der Waals surface area contributed by atoms with E-state index in [1.54, 1.807) is 14.2 Å². The quantitative estimate of drug-likeness (QED) is 0.815. The average molecular weight is 351 g/mol. The lowest BCUT2D eigenvalue weighted by Gasteiger charge is -2.33. The number of thiocarbonyl (C=S) groups is 1. The van der Waals surface area contributed by atoms with Crippen LogP contribution in [-0.4, -0.2) is 37.3 Å². The maximum absolute atomic E-state index is 5.62. The summed E-state index contributed by atoms with van der Waals surface area (Å²) in [7, 11) is 5.36. The van der Waals surface area contributed by atoms with Crippen LogP contribution < -0.4 is 14.8 Å². The van der Waals surface area contributed by atoms with E-state index in [9.17, 15) is 0 Å². The van der Waals surface area contributed by atoms with Crippen LogP contribution in [0.25, 0.3) is 0 Å². The van der Waals surface area contributed by atoms with Crippen molar-refractivity contribution >= 4 is 17.3 Å². The van der Waals surface area contributed by atoms with E-state index < -0.39 is 0 Å². The van der Waals surface area contributed by atoms with Gasteiger partial charge < -0.3 is 19.7 Å². The molecule has 0 radical (unpaired) electrons. The molecule has 2 atom stereocenters. The van der Waals surface area contributed by atoms with Crippen LogP contribution in [0.3, 0.4) is 0 Å². The van der Waals surface area contributed by atoms with Gasteiger partial charge in [-0.25, -0.2) is 0 Å². The predicted molar refractivity (Wildman–Crippen MR) is 103 cm³/mol. The molecule has 0 heterocycles. The van der Waals surface area contributed by atoms with E-state index >= 15 is 0 Å². The molecule has 1 aromatic rings. The highest BCUT2D eigenvalue weighted by atomic mass is 32.1. The molecule has 0 saturated heterocycles. The lowest BCUT2D eigenvalue weighted by atomic mass is 9.86. The third-order valence-corrected chi connectivity index (χ3v) is 5.45. The summed E-state index contributed by atoms with van der Waals surface area (Å²) < 4.78 is 10.8. The Morgan fingerprint density at radius 2 is 1.83 bits per heavy atom. The van der Waals surface area contributed by atoms with Crippen LogP contribution in [-0.2, 0) is 6.54 Å². The van der Waals surface area contributed by atoms with Crippen molar-refractivity contribution < 1.29 is 9.47 Å². The van der Waals surface area contributed by atoms with E-state index in [0.29, 0.717) is 12.0 Å². The van der Waals surface area contributed by atoms with Crippen LogP contribution in [0.4, 0.5) is 0 Å². The minimum Gasteiger partial charge on any atom is -0.493 e. The van der Waals surface area contributed by atoms with Crippen molar-refractivity contribution in [2.24, 2.45) is 5.92 Å². The molecule has 1 aliphatic rings.